The van der Waals surface area contributed by atoms with Gasteiger partial charge in [-0.25, -0.2) is 0 Å². The van der Waals surface area contributed by atoms with Crippen LogP contribution in [0.4, 0.5) is 0 Å². The molecule has 1 atom stereocenters. The molecular weight excluding hydrogens is 272 g/mol. The minimum atomic E-state index is -0.102. The zero-order valence-electron chi connectivity index (χ0n) is 15.4. The first-order valence-corrected chi connectivity index (χ1v) is 9.52. The zero-order chi connectivity index (χ0) is 16.6. The third kappa shape index (κ3) is 14.4. The Bertz CT molecular complexity index is 254. The molecule has 22 heavy (non-hydrogen) atoms. The van der Waals surface area contributed by atoms with Crippen molar-refractivity contribution in [3.8, 4) is 0 Å². The summed E-state index contributed by atoms with van der Waals surface area (Å²) in [5, 5.41) is 0. The van der Waals surface area contributed by atoms with E-state index in [9.17, 15) is 4.79 Å². The van der Waals surface area contributed by atoms with Crippen LogP contribution in [-0.4, -0.2) is 31.4 Å². The highest BCUT2D eigenvalue weighted by atomic mass is 16.1. The summed E-state index contributed by atoms with van der Waals surface area (Å²) in [6.45, 7) is 3.31. The van der Waals surface area contributed by atoms with Crippen LogP contribution in [0.2, 0.25) is 0 Å². The monoisotopic (exact) mass is 312 g/mol. The lowest BCUT2D eigenvalue weighted by Gasteiger charge is -2.15. The molecule has 1 amide bonds. The van der Waals surface area contributed by atoms with Crippen LogP contribution in [0.15, 0.2) is 0 Å². The fourth-order valence-corrected chi connectivity index (χ4v) is 2.96. The molecule has 2 N–H and O–H groups in total. The van der Waals surface area contributed by atoms with Gasteiger partial charge in [0.05, 0.1) is 0 Å². The molecule has 0 saturated heterocycles. The molecular formula is C19H40N2O. The number of hydrogen-bond donors (Lipinski definition) is 1. The maximum atomic E-state index is 11.5. The van der Waals surface area contributed by atoms with Crippen molar-refractivity contribution in [2.45, 2.75) is 90.4 Å². The maximum absolute atomic E-state index is 11.5. The van der Waals surface area contributed by atoms with Crippen LogP contribution in [0.1, 0.15) is 90.4 Å². The van der Waals surface area contributed by atoms with Crippen molar-refractivity contribution in [1.29, 1.82) is 0 Å². The maximum Gasteiger partial charge on any atom is 0.220 e. The molecule has 0 bridgehead atoms. The van der Waals surface area contributed by atoms with Gasteiger partial charge in [0.1, 0.15) is 0 Å². The van der Waals surface area contributed by atoms with Gasteiger partial charge in [0, 0.05) is 5.92 Å². The number of carbonyl (C=O) groups is 1. The van der Waals surface area contributed by atoms with Crippen LogP contribution in [0.3, 0.4) is 0 Å². The highest BCUT2D eigenvalue weighted by Gasteiger charge is 2.14. The lowest BCUT2D eigenvalue weighted by Crippen LogP contribution is -2.24. The van der Waals surface area contributed by atoms with Gasteiger partial charge in [-0.2, -0.15) is 0 Å². The fraction of sp³-hybridized carbons (Fsp3) is 0.947. The summed E-state index contributed by atoms with van der Waals surface area (Å²) in [6.07, 6.45) is 16.4. The molecule has 0 aliphatic rings. The standard InChI is InChI=1S/C19H40N2O/c1-4-5-6-7-8-9-10-11-12-13-15-18(19(20)22)16-14-17-21(2)3/h18H,4-17H2,1-3H3,(H2,20,22). The molecule has 0 heterocycles. The van der Waals surface area contributed by atoms with Crippen molar-refractivity contribution in [3.05, 3.63) is 0 Å². The number of rotatable bonds is 16. The second kappa shape index (κ2) is 15.3. The molecule has 0 saturated carbocycles. The van der Waals surface area contributed by atoms with E-state index < -0.39 is 0 Å². The summed E-state index contributed by atoms with van der Waals surface area (Å²) >= 11 is 0. The molecule has 132 valence electrons. The van der Waals surface area contributed by atoms with Crippen molar-refractivity contribution in [2.75, 3.05) is 20.6 Å². The Kier molecular flexibility index (Phi) is 14.9. The van der Waals surface area contributed by atoms with E-state index in [0.29, 0.717) is 0 Å². The van der Waals surface area contributed by atoms with E-state index in [-0.39, 0.29) is 11.8 Å². The molecule has 0 aromatic carbocycles. The molecule has 0 radical (unpaired) electrons. The Hall–Kier alpha value is -0.570. The first-order valence-electron chi connectivity index (χ1n) is 9.52. The SMILES string of the molecule is CCCCCCCCCCCCC(CCCN(C)C)C(N)=O. The molecule has 0 spiro atoms. The van der Waals surface area contributed by atoms with Gasteiger partial charge in [-0.3, -0.25) is 4.79 Å². The average molecular weight is 313 g/mol. The molecule has 3 nitrogen and oxygen atoms in total. The van der Waals surface area contributed by atoms with E-state index in [1.807, 2.05) is 0 Å². The van der Waals surface area contributed by atoms with Crippen LogP contribution in [0.25, 0.3) is 0 Å². The second-order valence-corrected chi connectivity index (χ2v) is 7.02. The molecule has 3 heteroatoms. The lowest BCUT2D eigenvalue weighted by molar-refractivity contribution is -0.122. The Morgan fingerprint density at radius 1 is 0.818 bits per heavy atom. The molecule has 1 unspecified atom stereocenters. The van der Waals surface area contributed by atoms with Crippen molar-refractivity contribution in [1.82, 2.24) is 4.90 Å². The van der Waals surface area contributed by atoms with Gasteiger partial charge in [-0.1, -0.05) is 71.1 Å². The number of nitrogens with zero attached hydrogens (tertiary/aromatic N) is 1. The Morgan fingerprint density at radius 3 is 1.73 bits per heavy atom. The Balaban J connectivity index is 3.46. The highest BCUT2D eigenvalue weighted by Crippen LogP contribution is 2.17. The number of primary amides is 1. The lowest BCUT2D eigenvalue weighted by atomic mass is 9.95. The number of hydrogen-bond acceptors (Lipinski definition) is 2. The van der Waals surface area contributed by atoms with E-state index in [4.69, 9.17) is 5.73 Å². The van der Waals surface area contributed by atoms with Crippen molar-refractivity contribution < 1.29 is 4.79 Å². The van der Waals surface area contributed by atoms with E-state index in [1.54, 1.807) is 0 Å². The predicted molar refractivity (Wildman–Crippen MR) is 96.9 cm³/mol. The molecule has 0 aromatic heterocycles. The summed E-state index contributed by atoms with van der Waals surface area (Å²) < 4.78 is 0. The van der Waals surface area contributed by atoms with Crippen molar-refractivity contribution >= 4 is 5.91 Å². The smallest absolute Gasteiger partial charge is 0.220 e. The summed E-state index contributed by atoms with van der Waals surface area (Å²) in [5.74, 6) is -0.0105. The first-order chi connectivity index (χ1) is 10.6. The van der Waals surface area contributed by atoms with Crippen LogP contribution in [-0.2, 0) is 4.79 Å². The number of carbonyl (C=O) groups excluding carboxylic acids is 1. The van der Waals surface area contributed by atoms with Crippen LogP contribution >= 0.6 is 0 Å². The molecule has 0 rings (SSSR count). The largest absolute Gasteiger partial charge is 0.369 e. The average Bonchev–Trinajstić information content (AvgIpc) is 2.46. The van der Waals surface area contributed by atoms with Crippen LogP contribution < -0.4 is 5.73 Å². The first kappa shape index (κ1) is 21.4. The highest BCUT2D eigenvalue weighted by molar-refractivity contribution is 5.76. The summed E-state index contributed by atoms with van der Waals surface area (Å²) in [5.41, 5.74) is 5.52. The fourth-order valence-electron chi connectivity index (χ4n) is 2.96. The summed E-state index contributed by atoms with van der Waals surface area (Å²) in [7, 11) is 4.14. The minimum Gasteiger partial charge on any atom is -0.369 e. The van der Waals surface area contributed by atoms with Gasteiger partial charge in [0.25, 0.3) is 0 Å². The summed E-state index contributed by atoms with van der Waals surface area (Å²) in [4.78, 5) is 13.6. The number of nitrogens with two attached hydrogens (primary N) is 1. The molecule has 0 aliphatic heterocycles. The van der Waals surface area contributed by atoms with E-state index in [1.165, 1.54) is 57.8 Å². The topological polar surface area (TPSA) is 46.3 Å². The van der Waals surface area contributed by atoms with E-state index in [2.05, 4.69) is 25.9 Å². The number of unbranched alkanes of at least 4 members (excludes halogenated alkanes) is 9. The van der Waals surface area contributed by atoms with Gasteiger partial charge in [-0.05, 0) is 39.9 Å². The Morgan fingerprint density at radius 2 is 1.27 bits per heavy atom. The van der Waals surface area contributed by atoms with E-state index in [0.717, 1.165) is 32.2 Å². The van der Waals surface area contributed by atoms with Gasteiger partial charge >= 0.3 is 0 Å². The van der Waals surface area contributed by atoms with Crippen LogP contribution in [0.5, 0.6) is 0 Å². The Labute approximate surface area is 139 Å². The quantitative estimate of drug-likeness (QED) is 0.418. The second-order valence-electron chi connectivity index (χ2n) is 7.02. The van der Waals surface area contributed by atoms with Crippen molar-refractivity contribution in [3.63, 3.8) is 0 Å². The third-order valence-corrected chi connectivity index (χ3v) is 4.47. The minimum absolute atomic E-state index is 0.0917. The normalized spacial score (nSPS) is 12.7. The summed E-state index contributed by atoms with van der Waals surface area (Å²) in [6, 6.07) is 0. The van der Waals surface area contributed by atoms with Gasteiger partial charge in [-0.15, -0.1) is 0 Å². The molecule has 0 aliphatic carbocycles. The van der Waals surface area contributed by atoms with Gasteiger partial charge < -0.3 is 10.6 Å². The van der Waals surface area contributed by atoms with Gasteiger partial charge in [0.15, 0.2) is 0 Å². The van der Waals surface area contributed by atoms with Crippen molar-refractivity contribution in [2.24, 2.45) is 11.7 Å². The number of amides is 1. The predicted octanol–water partition coefficient (Wildman–Crippen LogP) is 4.74. The third-order valence-electron chi connectivity index (χ3n) is 4.47. The van der Waals surface area contributed by atoms with E-state index >= 15 is 0 Å². The molecule has 0 fully saturated rings. The molecule has 0 aromatic rings. The van der Waals surface area contributed by atoms with Crippen LogP contribution in [0, 0.1) is 5.92 Å². The van der Waals surface area contributed by atoms with Gasteiger partial charge in [0.2, 0.25) is 5.91 Å². The zero-order valence-corrected chi connectivity index (χ0v) is 15.4.